The van der Waals surface area contributed by atoms with E-state index in [4.69, 9.17) is 11.1 Å². The van der Waals surface area contributed by atoms with Crippen molar-refractivity contribution >= 4 is 5.84 Å². The quantitative estimate of drug-likeness (QED) is 0.481. The number of nitrogens with one attached hydrogen (secondary N) is 1. The van der Waals surface area contributed by atoms with Crippen LogP contribution in [0.5, 0.6) is 0 Å². The Morgan fingerprint density at radius 1 is 1.27 bits per heavy atom. The van der Waals surface area contributed by atoms with Crippen LogP contribution in [-0.4, -0.2) is 29.9 Å². The van der Waals surface area contributed by atoms with Gasteiger partial charge in [-0.25, -0.2) is 0 Å². The van der Waals surface area contributed by atoms with Crippen LogP contribution >= 0.6 is 0 Å². The summed E-state index contributed by atoms with van der Waals surface area (Å²) >= 11 is 0. The maximum absolute atomic E-state index is 7.28. The Bertz CT molecular complexity index is 174. The normalized spacial score (nSPS) is 11.7. The summed E-state index contributed by atoms with van der Waals surface area (Å²) in [6.45, 7) is 11.0. The van der Waals surface area contributed by atoms with Gasteiger partial charge in [-0.1, -0.05) is 27.7 Å². The molecule has 0 heterocycles. The van der Waals surface area contributed by atoms with E-state index in [1.807, 2.05) is 0 Å². The van der Waals surface area contributed by atoms with Crippen LogP contribution in [0.4, 0.5) is 0 Å². The van der Waals surface area contributed by atoms with Gasteiger partial charge in [0.25, 0.3) is 0 Å². The fourth-order valence-electron chi connectivity index (χ4n) is 1.96. The third kappa shape index (κ3) is 6.50. The molecule has 3 heteroatoms. The highest BCUT2D eigenvalue weighted by molar-refractivity contribution is 5.76. The molecule has 3 N–H and O–H groups in total. The zero-order chi connectivity index (χ0) is 11.8. The fourth-order valence-corrected chi connectivity index (χ4v) is 1.96. The number of nitrogens with zero attached hydrogens (tertiary/aromatic N) is 1. The van der Waals surface area contributed by atoms with Crippen molar-refractivity contribution in [2.45, 2.75) is 53.0 Å². The van der Waals surface area contributed by atoms with Crippen LogP contribution in [0.1, 0.15) is 47.0 Å². The molecular weight excluding hydrogens is 186 g/mol. The van der Waals surface area contributed by atoms with E-state index in [9.17, 15) is 0 Å². The first kappa shape index (κ1) is 14.4. The second kappa shape index (κ2) is 7.69. The van der Waals surface area contributed by atoms with E-state index in [-0.39, 0.29) is 0 Å². The van der Waals surface area contributed by atoms with E-state index < -0.39 is 0 Å². The molecule has 0 spiro atoms. The average molecular weight is 213 g/mol. The number of amidine groups is 1. The molecule has 0 radical (unpaired) electrons. The van der Waals surface area contributed by atoms with Crippen LogP contribution in [0.3, 0.4) is 0 Å². The lowest BCUT2D eigenvalue weighted by Crippen LogP contribution is -2.39. The first-order valence-electron chi connectivity index (χ1n) is 6.08. The van der Waals surface area contributed by atoms with Crippen LogP contribution in [-0.2, 0) is 0 Å². The highest BCUT2D eigenvalue weighted by Gasteiger charge is 2.15. The second-order valence-corrected chi connectivity index (χ2v) is 4.63. The van der Waals surface area contributed by atoms with Gasteiger partial charge in [0.05, 0.1) is 5.84 Å². The van der Waals surface area contributed by atoms with E-state index >= 15 is 0 Å². The number of hydrogen-bond acceptors (Lipinski definition) is 2. The van der Waals surface area contributed by atoms with Gasteiger partial charge >= 0.3 is 0 Å². The third-order valence-corrected chi connectivity index (χ3v) is 2.73. The predicted octanol–water partition coefficient (Wildman–Crippen LogP) is 2.46. The molecule has 15 heavy (non-hydrogen) atoms. The predicted molar refractivity (Wildman–Crippen MR) is 67.3 cm³/mol. The molecule has 0 fully saturated rings. The number of rotatable bonds is 8. The summed E-state index contributed by atoms with van der Waals surface area (Å²) < 4.78 is 0. The molecule has 90 valence electrons. The van der Waals surface area contributed by atoms with Crippen LogP contribution in [0.15, 0.2) is 0 Å². The summed E-state index contributed by atoms with van der Waals surface area (Å²) in [6.07, 6.45) is 3.06. The molecule has 0 aliphatic heterocycles. The van der Waals surface area contributed by atoms with Crippen LogP contribution in [0.2, 0.25) is 0 Å². The summed E-state index contributed by atoms with van der Waals surface area (Å²) in [4.78, 5) is 2.48. The Kier molecular flexibility index (Phi) is 7.39. The minimum atomic E-state index is 0.301. The Morgan fingerprint density at radius 2 is 1.80 bits per heavy atom. The van der Waals surface area contributed by atoms with Gasteiger partial charge in [-0.2, -0.15) is 0 Å². The Hall–Kier alpha value is -0.570. The second-order valence-electron chi connectivity index (χ2n) is 4.63. The lowest BCUT2D eigenvalue weighted by molar-refractivity contribution is 0.170. The molecule has 0 amide bonds. The third-order valence-electron chi connectivity index (χ3n) is 2.73. The minimum absolute atomic E-state index is 0.301. The highest BCUT2D eigenvalue weighted by atomic mass is 15.2. The Morgan fingerprint density at radius 3 is 2.13 bits per heavy atom. The van der Waals surface area contributed by atoms with Gasteiger partial charge in [0.15, 0.2) is 0 Å². The summed E-state index contributed by atoms with van der Waals surface area (Å²) in [5.74, 6) is 0.979. The van der Waals surface area contributed by atoms with Gasteiger partial charge in [0, 0.05) is 25.6 Å². The van der Waals surface area contributed by atoms with Crippen LogP contribution in [0.25, 0.3) is 0 Å². The van der Waals surface area contributed by atoms with Gasteiger partial charge in [0.2, 0.25) is 0 Å². The Balaban J connectivity index is 4.21. The van der Waals surface area contributed by atoms with Gasteiger partial charge in [-0.05, 0) is 18.8 Å². The van der Waals surface area contributed by atoms with Crippen molar-refractivity contribution in [3.63, 3.8) is 0 Å². The summed E-state index contributed by atoms with van der Waals surface area (Å²) in [6, 6.07) is 0.645. The van der Waals surface area contributed by atoms with Crippen molar-refractivity contribution in [1.82, 2.24) is 4.90 Å². The van der Waals surface area contributed by atoms with Gasteiger partial charge in [0.1, 0.15) is 0 Å². The molecule has 0 saturated heterocycles. The number of nitrogens with two attached hydrogens (primary N) is 1. The molecule has 0 bridgehead atoms. The molecule has 0 aliphatic rings. The smallest absolute Gasteiger partial charge is 0.0918 e. The van der Waals surface area contributed by atoms with E-state index in [0.29, 0.717) is 24.2 Å². The molecule has 0 aromatic carbocycles. The van der Waals surface area contributed by atoms with Gasteiger partial charge in [-0.15, -0.1) is 0 Å². The molecule has 0 aliphatic carbocycles. The molecule has 0 unspecified atom stereocenters. The minimum Gasteiger partial charge on any atom is -0.388 e. The molecular formula is C12H27N3. The van der Waals surface area contributed by atoms with E-state index in [2.05, 4.69) is 32.6 Å². The standard InChI is InChI=1S/C12H27N3/c1-5-11(6-2)15(9-10(3)4)8-7-12(13)14/h10-11H,5-9H2,1-4H3,(H3,13,14). The lowest BCUT2D eigenvalue weighted by Gasteiger charge is -2.31. The first-order valence-corrected chi connectivity index (χ1v) is 6.08. The maximum Gasteiger partial charge on any atom is 0.0918 e. The Labute approximate surface area is 94.5 Å². The van der Waals surface area contributed by atoms with Crippen molar-refractivity contribution in [2.24, 2.45) is 11.7 Å². The molecule has 3 nitrogen and oxygen atoms in total. The average Bonchev–Trinajstić information content (AvgIpc) is 2.14. The van der Waals surface area contributed by atoms with Crippen LogP contribution < -0.4 is 5.73 Å². The lowest BCUT2D eigenvalue weighted by atomic mass is 10.1. The van der Waals surface area contributed by atoms with Crippen molar-refractivity contribution in [3.05, 3.63) is 0 Å². The van der Waals surface area contributed by atoms with Crippen molar-refractivity contribution < 1.29 is 0 Å². The van der Waals surface area contributed by atoms with E-state index in [0.717, 1.165) is 13.1 Å². The highest BCUT2D eigenvalue weighted by Crippen LogP contribution is 2.11. The van der Waals surface area contributed by atoms with Crippen LogP contribution in [0, 0.1) is 11.3 Å². The number of hydrogen-bond donors (Lipinski definition) is 2. The molecule has 0 rings (SSSR count). The first-order chi connectivity index (χ1) is 7.01. The molecule has 0 aromatic rings. The van der Waals surface area contributed by atoms with Crippen molar-refractivity contribution in [2.75, 3.05) is 13.1 Å². The van der Waals surface area contributed by atoms with E-state index in [1.165, 1.54) is 12.8 Å². The van der Waals surface area contributed by atoms with E-state index in [1.54, 1.807) is 0 Å². The summed E-state index contributed by atoms with van der Waals surface area (Å²) in [5.41, 5.74) is 5.41. The maximum atomic E-state index is 7.28. The SMILES string of the molecule is CCC(CC)N(CCC(=N)N)CC(C)C. The van der Waals surface area contributed by atoms with Crippen molar-refractivity contribution in [3.8, 4) is 0 Å². The fraction of sp³-hybridized carbons (Fsp3) is 0.917. The van der Waals surface area contributed by atoms with Gasteiger partial charge in [-0.3, -0.25) is 10.3 Å². The zero-order valence-corrected chi connectivity index (χ0v) is 10.7. The monoisotopic (exact) mass is 213 g/mol. The van der Waals surface area contributed by atoms with Gasteiger partial charge < -0.3 is 5.73 Å². The van der Waals surface area contributed by atoms with Crippen molar-refractivity contribution in [1.29, 1.82) is 5.41 Å². The molecule has 0 aromatic heterocycles. The zero-order valence-electron chi connectivity index (χ0n) is 10.7. The molecule has 0 saturated carbocycles. The summed E-state index contributed by atoms with van der Waals surface area (Å²) in [7, 11) is 0. The topological polar surface area (TPSA) is 53.1 Å². The largest absolute Gasteiger partial charge is 0.388 e. The summed E-state index contributed by atoms with van der Waals surface area (Å²) in [5, 5.41) is 7.28. The molecule has 0 atom stereocenters.